The van der Waals surface area contributed by atoms with Crippen molar-refractivity contribution in [3.8, 4) is 0 Å². The molecule has 5 nitrogen and oxygen atoms in total. The second-order valence-electron chi connectivity index (χ2n) is 4.61. The number of aromatic amines is 1. The molecular weight excluding hydrogens is 311 g/mol. The summed E-state index contributed by atoms with van der Waals surface area (Å²) in [5.74, 6) is -0.498. The summed E-state index contributed by atoms with van der Waals surface area (Å²) >= 11 is 5.59. The van der Waals surface area contributed by atoms with Crippen LogP contribution in [0.2, 0.25) is 5.22 Å². The van der Waals surface area contributed by atoms with E-state index in [1.165, 1.54) is 17.0 Å². The molecule has 2 aromatic heterocycles. The van der Waals surface area contributed by atoms with Crippen LogP contribution in [0.5, 0.6) is 0 Å². The van der Waals surface area contributed by atoms with Crippen LogP contribution >= 0.6 is 11.6 Å². The van der Waals surface area contributed by atoms with Crippen molar-refractivity contribution in [2.75, 3.05) is 6.54 Å². The Balaban J connectivity index is 1.87. The maximum Gasteiger partial charge on any atom is 0.435 e. The average molecular weight is 320 g/mol. The number of amides is 1. The van der Waals surface area contributed by atoms with Crippen molar-refractivity contribution < 1.29 is 22.4 Å². The molecule has 21 heavy (non-hydrogen) atoms. The van der Waals surface area contributed by atoms with Crippen LogP contribution in [0.15, 0.2) is 16.5 Å². The number of rotatable bonds is 1. The highest BCUT2D eigenvalue weighted by Gasteiger charge is 2.40. The molecule has 112 valence electrons. The topological polar surface area (TPSA) is 62.1 Å². The number of aromatic nitrogens is 2. The van der Waals surface area contributed by atoms with E-state index in [4.69, 9.17) is 16.0 Å². The molecule has 0 radical (unpaired) electrons. The van der Waals surface area contributed by atoms with E-state index in [2.05, 4.69) is 10.2 Å². The number of nitrogens with one attached hydrogen (secondary N) is 1. The first-order valence-electron chi connectivity index (χ1n) is 6.04. The zero-order chi connectivity index (χ0) is 15.2. The van der Waals surface area contributed by atoms with Crippen molar-refractivity contribution in [1.29, 1.82) is 0 Å². The van der Waals surface area contributed by atoms with Gasteiger partial charge in [-0.2, -0.15) is 18.3 Å². The Morgan fingerprint density at radius 3 is 2.81 bits per heavy atom. The molecule has 1 N–H and O–H groups in total. The van der Waals surface area contributed by atoms with Crippen LogP contribution in [0.1, 0.15) is 27.5 Å². The number of carbonyl (C=O) groups is 1. The van der Waals surface area contributed by atoms with Crippen LogP contribution in [-0.2, 0) is 19.1 Å². The van der Waals surface area contributed by atoms with Crippen LogP contribution in [0.3, 0.4) is 0 Å². The van der Waals surface area contributed by atoms with E-state index in [-0.39, 0.29) is 36.1 Å². The SMILES string of the molecule is O=C(c1ccc(Cl)o1)N1CCc2[nH]nc(C(F)(F)F)c2C1. The van der Waals surface area contributed by atoms with Gasteiger partial charge in [-0.1, -0.05) is 0 Å². The molecule has 9 heteroatoms. The first-order chi connectivity index (χ1) is 9.86. The molecule has 0 spiro atoms. The highest BCUT2D eigenvalue weighted by Crippen LogP contribution is 2.34. The fraction of sp³-hybridized carbons (Fsp3) is 0.333. The Hall–Kier alpha value is -1.96. The number of hydrogen-bond donors (Lipinski definition) is 1. The second kappa shape index (κ2) is 4.80. The summed E-state index contributed by atoms with van der Waals surface area (Å²) in [7, 11) is 0. The largest absolute Gasteiger partial charge is 0.440 e. The van der Waals surface area contributed by atoms with Crippen LogP contribution in [-0.4, -0.2) is 27.5 Å². The minimum absolute atomic E-state index is 0.000229. The van der Waals surface area contributed by atoms with Gasteiger partial charge in [0.05, 0.1) is 6.54 Å². The quantitative estimate of drug-likeness (QED) is 0.879. The van der Waals surface area contributed by atoms with Crippen molar-refractivity contribution in [2.24, 2.45) is 0 Å². The van der Waals surface area contributed by atoms with Gasteiger partial charge < -0.3 is 9.32 Å². The zero-order valence-corrected chi connectivity index (χ0v) is 11.3. The van der Waals surface area contributed by atoms with E-state index in [1.807, 2.05) is 0 Å². The maximum absolute atomic E-state index is 12.8. The lowest BCUT2D eigenvalue weighted by atomic mass is 10.0. The Morgan fingerprint density at radius 2 is 2.19 bits per heavy atom. The number of nitrogens with zero attached hydrogens (tertiary/aromatic N) is 2. The number of hydrogen-bond acceptors (Lipinski definition) is 3. The molecule has 0 unspecified atom stereocenters. The van der Waals surface area contributed by atoms with E-state index in [0.29, 0.717) is 5.69 Å². The third-order valence-electron chi connectivity index (χ3n) is 3.27. The van der Waals surface area contributed by atoms with E-state index in [9.17, 15) is 18.0 Å². The lowest BCUT2D eigenvalue weighted by Crippen LogP contribution is -2.36. The summed E-state index contributed by atoms with van der Waals surface area (Å²) in [5, 5.41) is 5.74. The molecule has 1 aliphatic rings. The fourth-order valence-electron chi connectivity index (χ4n) is 2.29. The smallest absolute Gasteiger partial charge is 0.435 e. The van der Waals surface area contributed by atoms with Gasteiger partial charge in [0, 0.05) is 24.2 Å². The molecule has 0 saturated carbocycles. The average Bonchev–Trinajstić information content (AvgIpc) is 3.02. The van der Waals surface area contributed by atoms with Crippen LogP contribution in [0.25, 0.3) is 0 Å². The number of carbonyl (C=O) groups excluding carboxylic acids is 1. The van der Waals surface area contributed by atoms with Gasteiger partial charge >= 0.3 is 6.18 Å². The van der Waals surface area contributed by atoms with Gasteiger partial charge in [0.2, 0.25) is 0 Å². The number of furan rings is 1. The Labute approximate surface area is 121 Å². The van der Waals surface area contributed by atoms with Crippen molar-refractivity contribution in [1.82, 2.24) is 15.1 Å². The molecule has 0 bridgehead atoms. The predicted molar refractivity (Wildman–Crippen MR) is 65.8 cm³/mol. The molecule has 1 aliphatic heterocycles. The maximum atomic E-state index is 12.8. The molecular formula is C12H9ClF3N3O2. The van der Waals surface area contributed by atoms with E-state index in [1.54, 1.807) is 0 Å². The minimum atomic E-state index is -4.55. The van der Waals surface area contributed by atoms with E-state index >= 15 is 0 Å². The highest BCUT2D eigenvalue weighted by molar-refractivity contribution is 6.29. The molecule has 1 amide bonds. The first-order valence-corrected chi connectivity index (χ1v) is 6.42. The second-order valence-corrected chi connectivity index (χ2v) is 4.98. The number of halogens is 4. The summed E-state index contributed by atoms with van der Waals surface area (Å²) < 4.78 is 43.5. The van der Waals surface area contributed by atoms with Gasteiger partial charge in [-0.05, 0) is 23.7 Å². The van der Waals surface area contributed by atoms with Gasteiger partial charge in [-0.3, -0.25) is 9.89 Å². The summed E-state index contributed by atoms with van der Waals surface area (Å²) in [4.78, 5) is 13.4. The van der Waals surface area contributed by atoms with Crippen LogP contribution in [0, 0.1) is 0 Å². The van der Waals surface area contributed by atoms with Gasteiger partial charge in [-0.15, -0.1) is 0 Å². The molecule has 3 rings (SSSR count). The predicted octanol–water partition coefficient (Wildman–Crippen LogP) is 2.87. The van der Waals surface area contributed by atoms with Gasteiger partial charge in [0.15, 0.2) is 16.7 Å². The van der Waals surface area contributed by atoms with Crippen molar-refractivity contribution in [3.63, 3.8) is 0 Å². The van der Waals surface area contributed by atoms with Crippen molar-refractivity contribution in [3.05, 3.63) is 40.1 Å². The molecule has 0 atom stereocenters. The fourth-order valence-corrected chi connectivity index (χ4v) is 2.43. The molecule has 0 fully saturated rings. The molecule has 3 heterocycles. The summed E-state index contributed by atoms with van der Waals surface area (Å²) in [5.41, 5.74) is -0.573. The first kappa shape index (κ1) is 14.0. The third kappa shape index (κ3) is 2.51. The van der Waals surface area contributed by atoms with Crippen molar-refractivity contribution in [2.45, 2.75) is 19.1 Å². The van der Waals surface area contributed by atoms with Gasteiger partial charge in [-0.25, -0.2) is 0 Å². The van der Waals surface area contributed by atoms with Gasteiger partial charge in [0.25, 0.3) is 5.91 Å². The summed E-state index contributed by atoms with van der Waals surface area (Å²) in [6.45, 7) is 0.113. The summed E-state index contributed by atoms with van der Waals surface area (Å²) in [6, 6.07) is 2.80. The number of fused-ring (bicyclic) bond motifs is 1. The monoisotopic (exact) mass is 319 g/mol. The zero-order valence-electron chi connectivity index (χ0n) is 10.5. The van der Waals surface area contributed by atoms with Gasteiger partial charge in [0.1, 0.15) is 0 Å². The molecule has 0 saturated heterocycles. The molecule has 0 aliphatic carbocycles. The lowest BCUT2D eigenvalue weighted by molar-refractivity contribution is -0.142. The molecule has 2 aromatic rings. The minimum Gasteiger partial charge on any atom is -0.440 e. The lowest BCUT2D eigenvalue weighted by Gasteiger charge is -2.26. The Bertz CT molecular complexity index is 692. The molecule has 0 aromatic carbocycles. The standard InChI is InChI=1S/C12H9ClF3N3O2/c13-9-2-1-8(21-9)11(20)19-4-3-7-6(5-19)10(18-17-7)12(14,15)16/h1-2H,3-5H2,(H,17,18). The van der Waals surface area contributed by atoms with Crippen molar-refractivity contribution >= 4 is 17.5 Å². The highest BCUT2D eigenvalue weighted by atomic mass is 35.5. The number of alkyl halides is 3. The third-order valence-corrected chi connectivity index (χ3v) is 3.48. The van der Waals surface area contributed by atoms with Crippen LogP contribution < -0.4 is 0 Å². The normalized spacial score (nSPS) is 15.1. The van der Waals surface area contributed by atoms with Crippen LogP contribution in [0.4, 0.5) is 13.2 Å². The Morgan fingerprint density at radius 1 is 1.43 bits per heavy atom. The van der Waals surface area contributed by atoms with E-state index < -0.39 is 17.8 Å². The Kier molecular flexibility index (Phi) is 3.20. The summed E-state index contributed by atoms with van der Waals surface area (Å²) in [6.07, 6.45) is -4.28. The van der Waals surface area contributed by atoms with E-state index in [0.717, 1.165) is 0 Å². The number of H-pyrrole nitrogens is 1.